The third-order valence-electron chi connectivity index (χ3n) is 5.90. The van der Waals surface area contributed by atoms with E-state index in [1.165, 1.54) is 12.8 Å². The Kier molecular flexibility index (Phi) is 4.48. The van der Waals surface area contributed by atoms with Gasteiger partial charge in [0.25, 0.3) is 0 Å². The standard InChI is InChI=1S/C18H26N4O3/c1-12-19-17(25-20-12)13-5-4-8-21(10-13)18(24)14-9-16(23)22(11-14)15-6-2-3-7-15/h13-15H,2-11H2,1H3/t13-,14+/m1/s1. The van der Waals surface area contributed by atoms with E-state index in [4.69, 9.17) is 4.52 Å². The lowest BCUT2D eigenvalue weighted by Crippen LogP contribution is -2.43. The van der Waals surface area contributed by atoms with Crippen molar-refractivity contribution in [2.75, 3.05) is 19.6 Å². The van der Waals surface area contributed by atoms with Crippen molar-refractivity contribution in [1.82, 2.24) is 19.9 Å². The summed E-state index contributed by atoms with van der Waals surface area (Å²) in [6.07, 6.45) is 6.85. The minimum absolute atomic E-state index is 0.113. The summed E-state index contributed by atoms with van der Waals surface area (Å²) in [5.41, 5.74) is 0. The molecule has 7 heteroatoms. The van der Waals surface area contributed by atoms with Crippen LogP contribution in [0.1, 0.15) is 62.6 Å². The normalized spacial score (nSPS) is 28.1. The van der Waals surface area contributed by atoms with Gasteiger partial charge in [0.2, 0.25) is 17.7 Å². The van der Waals surface area contributed by atoms with E-state index >= 15 is 0 Å². The molecule has 0 bridgehead atoms. The van der Waals surface area contributed by atoms with Crippen molar-refractivity contribution in [1.29, 1.82) is 0 Å². The molecule has 0 N–H and O–H groups in total. The number of aryl methyl sites for hydroxylation is 1. The second-order valence-electron chi connectivity index (χ2n) is 7.69. The summed E-state index contributed by atoms with van der Waals surface area (Å²) in [5, 5.41) is 3.86. The maximum atomic E-state index is 13.0. The van der Waals surface area contributed by atoms with Gasteiger partial charge in [0, 0.05) is 32.1 Å². The Morgan fingerprint density at radius 3 is 2.68 bits per heavy atom. The molecule has 1 aromatic heterocycles. The lowest BCUT2D eigenvalue weighted by Gasteiger charge is -2.33. The van der Waals surface area contributed by atoms with Crippen LogP contribution >= 0.6 is 0 Å². The van der Waals surface area contributed by atoms with Gasteiger partial charge >= 0.3 is 0 Å². The van der Waals surface area contributed by atoms with Crippen LogP contribution in [0.15, 0.2) is 4.52 Å². The van der Waals surface area contributed by atoms with Gasteiger partial charge in [-0.25, -0.2) is 0 Å². The summed E-state index contributed by atoms with van der Waals surface area (Å²) < 4.78 is 5.30. The zero-order valence-corrected chi connectivity index (χ0v) is 14.8. The summed E-state index contributed by atoms with van der Waals surface area (Å²) in [5.74, 6) is 1.47. The van der Waals surface area contributed by atoms with E-state index in [1.807, 2.05) is 9.80 Å². The molecule has 1 aromatic rings. The number of nitrogens with zero attached hydrogens (tertiary/aromatic N) is 4. The molecule has 3 fully saturated rings. The van der Waals surface area contributed by atoms with E-state index in [0.29, 0.717) is 37.3 Å². The fourth-order valence-corrected chi connectivity index (χ4v) is 4.58. The Hall–Kier alpha value is -1.92. The van der Waals surface area contributed by atoms with Gasteiger partial charge in [-0.1, -0.05) is 18.0 Å². The average molecular weight is 346 g/mol. The minimum Gasteiger partial charge on any atom is -0.342 e. The zero-order valence-electron chi connectivity index (χ0n) is 14.8. The SMILES string of the molecule is Cc1noc([C@@H]2CCCN(C(=O)[C@H]3CC(=O)N(C4CCCC4)C3)C2)n1. The molecule has 3 aliphatic rings. The van der Waals surface area contributed by atoms with Crippen molar-refractivity contribution < 1.29 is 14.1 Å². The smallest absolute Gasteiger partial charge is 0.231 e. The Labute approximate surface area is 147 Å². The van der Waals surface area contributed by atoms with E-state index < -0.39 is 0 Å². The molecular weight excluding hydrogens is 320 g/mol. The molecule has 25 heavy (non-hydrogen) atoms. The number of hydrogen-bond acceptors (Lipinski definition) is 5. The Morgan fingerprint density at radius 1 is 1.16 bits per heavy atom. The first-order valence-corrected chi connectivity index (χ1v) is 9.50. The first kappa shape index (κ1) is 16.5. The summed E-state index contributed by atoms with van der Waals surface area (Å²) in [7, 11) is 0. The van der Waals surface area contributed by atoms with Gasteiger partial charge in [-0.05, 0) is 32.6 Å². The van der Waals surface area contributed by atoms with Crippen LogP contribution in [0.2, 0.25) is 0 Å². The highest BCUT2D eigenvalue weighted by atomic mass is 16.5. The van der Waals surface area contributed by atoms with Gasteiger partial charge in [-0.3, -0.25) is 9.59 Å². The predicted octanol–water partition coefficient (Wildman–Crippen LogP) is 1.88. The number of hydrogen-bond donors (Lipinski definition) is 0. The van der Waals surface area contributed by atoms with Crippen molar-refractivity contribution in [2.24, 2.45) is 5.92 Å². The summed E-state index contributed by atoms with van der Waals surface area (Å²) in [6, 6.07) is 0.362. The Balaban J connectivity index is 1.39. The topological polar surface area (TPSA) is 79.5 Å². The zero-order chi connectivity index (χ0) is 17.4. The highest BCUT2D eigenvalue weighted by molar-refractivity contribution is 5.89. The number of amides is 2. The average Bonchev–Trinajstić information content (AvgIpc) is 3.35. The number of carbonyl (C=O) groups excluding carboxylic acids is 2. The van der Waals surface area contributed by atoms with Crippen molar-refractivity contribution in [2.45, 2.75) is 63.8 Å². The van der Waals surface area contributed by atoms with Gasteiger partial charge in [0.15, 0.2) is 5.82 Å². The number of piperidine rings is 1. The first-order chi connectivity index (χ1) is 12.1. The molecule has 0 unspecified atom stereocenters. The van der Waals surface area contributed by atoms with Crippen molar-refractivity contribution >= 4 is 11.8 Å². The fourth-order valence-electron chi connectivity index (χ4n) is 4.58. The highest BCUT2D eigenvalue weighted by Crippen LogP contribution is 2.32. The Morgan fingerprint density at radius 2 is 1.96 bits per heavy atom. The van der Waals surface area contributed by atoms with E-state index in [0.717, 1.165) is 32.2 Å². The van der Waals surface area contributed by atoms with Crippen LogP contribution in [-0.2, 0) is 9.59 Å². The molecule has 2 amide bonds. The van der Waals surface area contributed by atoms with Gasteiger partial charge in [0.1, 0.15) is 0 Å². The molecule has 2 saturated heterocycles. The van der Waals surface area contributed by atoms with Crippen LogP contribution in [0.5, 0.6) is 0 Å². The maximum Gasteiger partial charge on any atom is 0.231 e. The number of aromatic nitrogens is 2. The van der Waals surface area contributed by atoms with Gasteiger partial charge in [0.05, 0.1) is 11.8 Å². The first-order valence-electron chi connectivity index (χ1n) is 9.50. The van der Waals surface area contributed by atoms with Gasteiger partial charge < -0.3 is 14.3 Å². The number of likely N-dealkylation sites (tertiary alicyclic amines) is 2. The van der Waals surface area contributed by atoms with E-state index in [9.17, 15) is 9.59 Å². The number of rotatable bonds is 3. The molecule has 7 nitrogen and oxygen atoms in total. The molecule has 0 spiro atoms. The fraction of sp³-hybridized carbons (Fsp3) is 0.778. The van der Waals surface area contributed by atoms with E-state index in [-0.39, 0.29) is 23.7 Å². The molecule has 0 aromatic carbocycles. The Bertz CT molecular complexity index is 653. The molecule has 136 valence electrons. The van der Waals surface area contributed by atoms with Crippen LogP contribution in [0, 0.1) is 12.8 Å². The second-order valence-corrected chi connectivity index (χ2v) is 7.69. The van der Waals surface area contributed by atoms with Crippen LogP contribution in [-0.4, -0.2) is 57.4 Å². The van der Waals surface area contributed by atoms with E-state index in [1.54, 1.807) is 6.92 Å². The molecule has 1 saturated carbocycles. The van der Waals surface area contributed by atoms with Crippen LogP contribution < -0.4 is 0 Å². The van der Waals surface area contributed by atoms with Gasteiger partial charge in [-0.2, -0.15) is 4.98 Å². The second kappa shape index (κ2) is 6.77. The summed E-state index contributed by atoms with van der Waals surface area (Å²) in [4.78, 5) is 33.5. The summed E-state index contributed by atoms with van der Waals surface area (Å²) >= 11 is 0. The van der Waals surface area contributed by atoms with Crippen LogP contribution in [0.25, 0.3) is 0 Å². The molecule has 2 atom stereocenters. The van der Waals surface area contributed by atoms with Crippen molar-refractivity contribution in [3.63, 3.8) is 0 Å². The van der Waals surface area contributed by atoms with Gasteiger partial charge in [-0.15, -0.1) is 0 Å². The molecule has 3 heterocycles. The minimum atomic E-state index is -0.184. The molecule has 0 radical (unpaired) electrons. The highest BCUT2D eigenvalue weighted by Gasteiger charge is 2.41. The molecule has 2 aliphatic heterocycles. The largest absolute Gasteiger partial charge is 0.342 e. The van der Waals surface area contributed by atoms with Crippen LogP contribution in [0.4, 0.5) is 0 Å². The quantitative estimate of drug-likeness (QED) is 0.835. The van der Waals surface area contributed by atoms with Crippen LogP contribution in [0.3, 0.4) is 0 Å². The molecule has 4 rings (SSSR count). The number of carbonyl (C=O) groups is 2. The van der Waals surface area contributed by atoms with Crippen molar-refractivity contribution in [3.05, 3.63) is 11.7 Å². The van der Waals surface area contributed by atoms with E-state index in [2.05, 4.69) is 10.1 Å². The molecule has 1 aliphatic carbocycles. The van der Waals surface area contributed by atoms with Crippen molar-refractivity contribution in [3.8, 4) is 0 Å². The third-order valence-corrected chi connectivity index (χ3v) is 5.90. The lowest BCUT2D eigenvalue weighted by molar-refractivity contribution is -0.137. The monoisotopic (exact) mass is 346 g/mol. The maximum absolute atomic E-state index is 13.0. The molecular formula is C18H26N4O3. The third kappa shape index (κ3) is 3.28. The summed E-state index contributed by atoms with van der Waals surface area (Å²) in [6.45, 7) is 3.79. The predicted molar refractivity (Wildman–Crippen MR) is 89.7 cm³/mol. The lowest BCUT2D eigenvalue weighted by atomic mass is 9.96.